The van der Waals surface area contributed by atoms with E-state index in [1.165, 1.54) is 0 Å². The summed E-state index contributed by atoms with van der Waals surface area (Å²) in [5.41, 5.74) is 3.55. The van der Waals surface area contributed by atoms with Gasteiger partial charge in [-0.1, -0.05) is 72.8 Å². The highest BCUT2D eigenvalue weighted by Crippen LogP contribution is 2.59. The minimum Gasteiger partial charge on any atom is -0.432 e. The Balaban J connectivity index is 1.15. The zero-order chi connectivity index (χ0) is 34.3. The molecule has 0 bridgehead atoms. The molecule has 256 valence electrons. The van der Waals surface area contributed by atoms with Crippen LogP contribution in [0.1, 0.15) is 41.6 Å². The molecule has 0 saturated carbocycles. The number of aromatic nitrogens is 3. The van der Waals surface area contributed by atoms with Crippen molar-refractivity contribution in [2.45, 2.75) is 62.7 Å². The van der Waals surface area contributed by atoms with Crippen molar-refractivity contribution in [1.29, 1.82) is 0 Å². The zero-order valence-corrected chi connectivity index (χ0v) is 29.2. The van der Waals surface area contributed by atoms with Crippen LogP contribution in [0.4, 0.5) is 11.4 Å². The Morgan fingerprint density at radius 2 is 1.84 bits per heavy atom. The molecule has 1 aromatic heterocycles. The van der Waals surface area contributed by atoms with Gasteiger partial charge in [0.2, 0.25) is 5.91 Å². The number of anilines is 2. The largest absolute Gasteiger partial charge is 0.432 e. The van der Waals surface area contributed by atoms with E-state index in [0.29, 0.717) is 38.3 Å². The van der Waals surface area contributed by atoms with Crippen LogP contribution < -0.4 is 15.1 Å². The van der Waals surface area contributed by atoms with Crippen molar-refractivity contribution in [3.63, 3.8) is 0 Å². The van der Waals surface area contributed by atoms with Crippen LogP contribution in [0.2, 0.25) is 18.6 Å². The lowest BCUT2D eigenvalue weighted by molar-refractivity contribution is -0.146. The normalized spacial score (nSPS) is 24.6. The highest BCUT2D eigenvalue weighted by Gasteiger charge is 2.66. The van der Waals surface area contributed by atoms with Crippen LogP contribution in [0.25, 0.3) is 0 Å². The lowest BCUT2D eigenvalue weighted by Gasteiger charge is -2.32. The average molecular weight is 681 g/mol. The fraction of sp³-hybridized carbons (Fsp3) is 0.405. The van der Waals surface area contributed by atoms with Gasteiger partial charge in [-0.2, -0.15) is 0 Å². The molecule has 11 nitrogen and oxygen atoms in total. The van der Waals surface area contributed by atoms with Crippen molar-refractivity contribution in [1.82, 2.24) is 20.3 Å². The second kappa shape index (κ2) is 13.3. The first-order valence-electron chi connectivity index (χ1n) is 17.1. The van der Waals surface area contributed by atoms with Crippen LogP contribution >= 0.6 is 0 Å². The molecule has 1 spiro atoms. The number of fused-ring (bicyclic) bond motifs is 2. The Morgan fingerprint density at radius 3 is 2.59 bits per heavy atom. The standard InChI is InChI=1S/C37H44N6O5Si/c1-25-35(49(2,3)47)33(16-18-41-23-31(39-40-41)29(24-44)27-11-5-4-6-12-27)48-37(25)30-14-7-8-15-32(30)43(36(37)46)22-26-10-9-13-28(20-26)42-19-17-38-21-34(42)45/h4-15,20,23,25,29,33,35,38,44,47H,16-19,21-22,24H2,1-3H3/t25-,29?,33+,35-,37+/m1/s1. The molecule has 3 aliphatic heterocycles. The van der Waals surface area contributed by atoms with Gasteiger partial charge in [0.15, 0.2) is 13.9 Å². The fourth-order valence-corrected chi connectivity index (χ4v) is 10.8. The molecule has 0 radical (unpaired) electrons. The lowest BCUT2D eigenvalue weighted by atomic mass is 9.82. The molecule has 1 unspecified atom stereocenters. The van der Waals surface area contributed by atoms with Crippen LogP contribution in [0.15, 0.2) is 85.1 Å². The molecule has 0 aliphatic carbocycles. The fourth-order valence-electron chi connectivity index (χ4n) is 8.24. The van der Waals surface area contributed by atoms with Crippen molar-refractivity contribution >= 4 is 31.5 Å². The number of piperazine rings is 1. The first kappa shape index (κ1) is 33.3. The van der Waals surface area contributed by atoms with Gasteiger partial charge in [-0.05, 0) is 48.8 Å². The van der Waals surface area contributed by atoms with Gasteiger partial charge >= 0.3 is 0 Å². The van der Waals surface area contributed by atoms with E-state index < -0.39 is 20.0 Å². The van der Waals surface area contributed by atoms with E-state index in [0.717, 1.165) is 34.6 Å². The molecular weight excluding hydrogens is 637 g/mol. The second-order valence-corrected chi connectivity index (χ2v) is 18.0. The first-order valence-corrected chi connectivity index (χ1v) is 20.1. The van der Waals surface area contributed by atoms with Crippen molar-refractivity contribution in [3.8, 4) is 0 Å². The summed E-state index contributed by atoms with van der Waals surface area (Å²) in [6, 6.07) is 25.4. The number of aryl methyl sites for hydroxylation is 1. The lowest BCUT2D eigenvalue weighted by Crippen LogP contribution is -2.48. The van der Waals surface area contributed by atoms with Gasteiger partial charge in [0, 0.05) is 48.5 Å². The third-order valence-electron chi connectivity index (χ3n) is 10.5. The maximum Gasteiger partial charge on any atom is 0.264 e. The number of nitrogens with one attached hydrogen (secondary N) is 1. The van der Waals surface area contributed by atoms with Gasteiger partial charge in [-0.25, -0.2) is 0 Å². The van der Waals surface area contributed by atoms with E-state index in [1.807, 2.05) is 105 Å². The molecule has 2 fully saturated rings. The molecule has 12 heteroatoms. The molecule has 5 atom stereocenters. The second-order valence-electron chi connectivity index (χ2n) is 14.0. The van der Waals surface area contributed by atoms with E-state index in [9.17, 15) is 19.5 Å². The van der Waals surface area contributed by atoms with Crippen LogP contribution in [0.5, 0.6) is 0 Å². The van der Waals surface area contributed by atoms with Gasteiger partial charge in [0.1, 0.15) is 0 Å². The number of rotatable bonds is 10. The summed E-state index contributed by atoms with van der Waals surface area (Å²) in [7, 11) is -2.84. The Labute approximate surface area is 287 Å². The minimum atomic E-state index is -2.84. The number of carbonyl (C=O) groups is 2. The summed E-state index contributed by atoms with van der Waals surface area (Å²) in [4.78, 5) is 42.7. The summed E-state index contributed by atoms with van der Waals surface area (Å²) in [5.74, 6) is -0.672. The Bertz CT molecular complexity index is 1830. The number of hydrogen-bond acceptors (Lipinski definition) is 8. The van der Waals surface area contributed by atoms with Crippen molar-refractivity contribution in [3.05, 3.63) is 107 Å². The molecule has 2 saturated heterocycles. The number of benzene rings is 3. The topological polar surface area (TPSA) is 133 Å². The Hall–Kier alpha value is -4.20. The van der Waals surface area contributed by atoms with Gasteiger partial charge < -0.3 is 29.8 Å². The average Bonchev–Trinajstić information content (AvgIpc) is 3.75. The molecular formula is C37H44N6O5Si. The molecule has 3 N–H and O–H groups in total. The first-order chi connectivity index (χ1) is 23.6. The van der Waals surface area contributed by atoms with Crippen LogP contribution in [-0.2, 0) is 33.0 Å². The highest BCUT2D eigenvalue weighted by molar-refractivity contribution is 6.71. The van der Waals surface area contributed by atoms with Crippen LogP contribution in [0, 0.1) is 5.92 Å². The molecule has 4 aromatic rings. The van der Waals surface area contributed by atoms with Gasteiger partial charge in [-0.3, -0.25) is 14.3 Å². The molecule has 49 heavy (non-hydrogen) atoms. The Kier molecular flexibility index (Phi) is 9.01. The van der Waals surface area contributed by atoms with E-state index in [-0.39, 0.29) is 35.8 Å². The summed E-state index contributed by atoms with van der Waals surface area (Å²) < 4.78 is 8.75. The highest BCUT2D eigenvalue weighted by atomic mass is 28.4. The summed E-state index contributed by atoms with van der Waals surface area (Å²) in [6.07, 6.45) is 2.00. The minimum absolute atomic E-state index is 0.0255. The molecule has 4 heterocycles. The number of amides is 2. The van der Waals surface area contributed by atoms with Crippen molar-refractivity contribution < 1.29 is 24.2 Å². The van der Waals surface area contributed by atoms with E-state index in [1.54, 1.807) is 14.5 Å². The number of carbonyl (C=O) groups excluding carboxylic acids is 2. The Morgan fingerprint density at radius 1 is 1.06 bits per heavy atom. The molecule has 3 aliphatic rings. The van der Waals surface area contributed by atoms with E-state index >= 15 is 0 Å². The summed E-state index contributed by atoms with van der Waals surface area (Å²) in [6.45, 7) is 8.24. The zero-order valence-electron chi connectivity index (χ0n) is 28.2. The number of ether oxygens (including phenoxy) is 1. The smallest absolute Gasteiger partial charge is 0.264 e. The van der Waals surface area contributed by atoms with E-state index in [4.69, 9.17) is 4.74 Å². The summed E-state index contributed by atoms with van der Waals surface area (Å²) in [5, 5.41) is 22.0. The van der Waals surface area contributed by atoms with Crippen molar-refractivity contribution in [2.24, 2.45) is 5.92 Å². The summed E-state index contributed by atoms with van der Waals surface area (Å²) >= 11 is 0. The van der Waals surface area contributed by atoms with Gasteiger partial charge in [0.05, 0.1) is 43.1 Å². The molecule has 2 amide bonds. The van der Waals surface area contributed by atoms with Gasteiger partial charge in [-0.15, -0.1) is 5.10 Å². The quantitative estimate of drug-likeness (QED) is 0.216. The maximum atomic E-state index is 14.8. The van der Waals surface area contributed by atoms with Crippen molar-refractivity contribution in [2.75, 3.05) is 36.0 Å². The number of aliphatic hydroxyl groups is 1. The van der Waals surface area contributed by atoms with E-state index in [2.05, 4.69) is 15.6 Å². The van der Waals surface area contributed by atoms with Crippen LogP contribution in [-0.4, -0.2) is 77.4 Å². The number of para-hydroxylation sites is 1. The molecule has 7 rings (SSSR count). The monoisotopic (exact) mass is 680 g/mol. The predicted molar refractivity (Wildman–Crippen MR) is 188 cm³/mol. The van der Waals surface area contributed by atoms with Crippen LogP contribution in [0.3, 0.4) is 0 Å². The number of aliphatic hydroxyl groups excluding tert-OH is 1. The number of hydrogen-bond donors (Lipinski definition) is 3. The molecule has 3 aromatic carbocycles. The third kappa shape index (κ3) is 6.01. The maximum absolute atomic E-state index is 14.8. The SMILES string of the molecule is C[C@@H]1[C@@H]([Si](C)(C)O)[C@H](CCn2cc(C(CO)c3ccccc3)nn2)O[C@@]12C(=O)N(Cc1cccc(N3CCNCC3=O)c1)c1ccccc12. The predicted octanol–water partition coefficient (Wildman–Crippen LogP) is 3.77. The van der Waals surface area contributed by atoms with Gasteiger partial charge in [0.25, 0.3) is 5.91 Å². The third-order valence-corrected chi connectivity index (χ3v) is 13.0. The number of nitrogens with zero attached hydrogens (tertiary/aromatic N) is 5.